The van der Waals surface area contributed by atoms with Gasteiger partial charge >= 0.3 is 0 Å². The van der Waals surface area contributed by atoms with E-state index < -0.39 is 11.3 Å². The first-order valence-electron chi connectivity index (χ1n) is 13.1. The summed E-state index contributed by atoms with van der Waals surface area (Å²) in [5.41, 5.74) is 10.7. The van der Waals surface area contributed by atoms with Gasteiger partial charge in [0.1, 0.15) is 0 Å². The van der Waals surface area contributed by atoms with E-state index in [0.717, 1.165) is 43.8 Å². The zero-order valence-electron chi connectivity index (χ0n) is 21.2. The van der Waals surface area contributed by atoms with Crippen LogP contribution in [0.25, 0.3) is 16.6 Å². The number of benzene rings is 5. The standard InChI is InChI=1S/C33H22BrN5S/c34-23-19-21-25(22-20-23)38-31(40)37(24-11-3-1-4-12-24)32-29-17-9-7-15-27(29)28-16-8-10-18-30(28)33(32,38)36-39(35-32)26-13-5-2-6-14-26/h1-22H/t32-,33+/m0/s1. The molecule has 7 heteroatoms. The Morgan fingerprint density at radius 3 is 1.88 bits per heavy atom. The van der Waals surface area contributed by atoms with Gasteiger partial charge in [-0.05, 0) is 70.9 Å². The van der Waals surface area contributed by atoms with E-state index in [9.17, 15) is 0 Å². The van der Waals surface area contributed by atoms with Crippen LogP contribution in [0, 0.1) is 0 Å². The van der Waals surface area contributed by atoms with Crippen molar-refractivity contribution in [3.8, 4) is 11.1 Å². The third-order valence-corrected chi connectivity index (χ3v) is 8.87. The number of thiocarbonyl (C=S) groups is 1. The Hall–Kier alpha value is -4.33. The summed E-state index contributed by atoms with van der Waals surface area (Å²) in [7, 11) is 0. The molecule has 0 saturated carbocycles. The quantitative estimate of drug-likeness (QED) is 0.153. The minimum Gasteiger partial charge on any atom is -0.300 e. The molecule has 1 saturated heterocycles. The summed E-state index contributed by atoms with van der Waals surface area (Å²) >= 11 is 10.0. The van der Waals surface area contributed by atoms with Crippen LogP contribution in [0.1, 0.15) is 11.1 Å². The summed E-state index contributed by atoms with van der Waals surface area (Å²) < 4.78 is 0.999. The van der Waals surface area contributed by atoms with Crippen molar-refractivity contribution in [1.82, 2.24) is 0 Å². The molecule has 0 aromatic heterocycles. The third kappa shape index (κ3) is 2.93. The first-order valence-corrected chi connectivity index (χ1v) is 14.3. The van der Waals surface area contributed by atoms with E-state index >= 15 is 0 Å². The van der Waals surface area contributed by atoms with Gasteiger partial charge in [-0.25, -0.2) is 0 Å². The lowest BCUT2D eigenvalue weighted by Crippen LogP contribution is -2.55. The second-order valence-corrected chi connectivity index (χ2v) is 11.3. The van der Waals surface area contributed by atoms with Gasteiger partial charge in [0.25, 0.3) is 0 Å². The summed E-state index contributed by atoms with van der Waals surface area (Å²) in [5, 5.41) is 6.20. The topological polar surface area (TPSA) is 36.0 Å². The van der Waals surface area contributed by atoms with Gasteiger partial charge < -0.3 is 9.80 Å². The van der Waals surface area contributed by atoms with E-state index in [1.165, 1.54) is 0 Å². The molecule has 2 heterocycles. The molecule has 0 unspecified atom stereocenters. The van der Waals surface area contributed by atoms with Crippen LogP contribution in [0.5, 0.6) is 0 Å². The monoisotopic (exact) mass is 599 g/mol. The Labute approximate surface area is 246 Å². The lowest BCUT2D eigenvalue weighted by atomic mass is 9.71. The number of hydrogen-bond donors (Lipinski definition) is 0. The molecule has 0 spiro atoms. The SMILES string of the molecule is S=C1N(c2ccc(Br)cc2)[C@@]23[N-][N+](c4ccccc4)=N[C@@]2(c2ccccc2-c2ccccc23)N1c1ccccc1. The smallest absolute Gasteiger partial charge is 0.225 e. The van der Waals surface area contributed by atoms with Crippen LogP contribution in [-0.2, 0) is 11.3 Å². The number of halogens is 1. The van der Waals surface area contributed by atoms with Crippen molar-refractivity contribution in [3.63, 3.8) is 0 Å². The predicted octanol–water partition coefficient (Wildman–Crippen LogP) is 8.85. The molecule has 40 heavy (non-hydrogen) atoms. The first kappa shape index (κ1) is 23.5. The highest BCUT2D eigenvalue weighted by atomic mass is 79.9. The van der Waals surface area contributed by atoms with Crippen LogP contribution in [-0.4, -0.2) is 9.92 Å². The van der Waals surface area contributed by atoms with Crippen LogP contribution in [0.2, 0.25) is 0 Å². The summed E-state index contributed by atoms with van der Waals surface area (Å²) in [6, 6.07) is 45.8. The molecule has 5 aromatic rings. The van der Waals surface area contributed by atoms with Crippen molar-refractivity contribution in [3.05, 3.63) is 154 Å². The van der Waals surface area contributed by atoms with Gasteiger partial charge in [-0.1, -0.05) is 101 Å². The average molecular weight is 601 g/mol. The normalized spacial score (nSPS) is 22.1. The van der Waals surface area contributed by atoms with Gasteiger partial charge in [0.05, 0.1) is 0 Å². The molecule has 1 fully saturated rings. The average Bonchev–Trinajstić information content (AvgIpc) is 3.47. The molecule has 0 N–H and O–H groups in total. The number of rotatable bonds is 3. The number of anilines is 2. The molecule has 5 nitrogen and oxygen atoms in total. The molecule has 2 atom stereocenters. The maximum absolute atomic E-state index is 6.43. The number of azo groups is 1. The van der Waals surface area contributed by atoms with E-state index in [0.29, 0.717) is 5.11 Å². The Kier molecular flexibility index (Phi) is 5.05. The van der Waals surface area contributed by atoms with Crippen molar-refractivity contribution in [2.24, 2.45) is 5.11 Å². The minimum atomic E-state index is -1.02. The molecule has 0 amide bonds. The second-order valence-electron chi connectivity index (χ2n) is 10.0. The fraction of sp³-hybridized carbons (Fsp3) is 0.0606. The fourth-order valence-electron chi connectivity index (χ4n) is 6.42. The minimum absolute atomic E-state index is 0.639. The van der Waals surface area contributed by atoms with Crippen molar-refractivity contribution >= 4 is 50.3 Å². The second kappa shape index (κ2) is 8.58. The molecule has 3 aliphatic rings. The molecule has 5 aromatic carbocycles. The van der Waals surface area contributed by atoms with Crippen LogP contribution in [0.4, 0.5) is 17.1 Å². The summed E-state index contributed by atoms with van der Waals surface area (Å²) in [4.78, 5) is 6.21. The van der Waals surface area contributed by atoms with Crippen molar-refractivity contribution < 1.29 is 4.81 Å². The van der Waals surface area contributed by atoms with Gasteiger partial charge in [0.2, 0.25) is 5.69 Å². The lowest BCUT2D eigenvalue weighted by molar-refractivity contribution is -0.457. The zero-order valence-corrected chi connectivity index (χ0v) is 23.6. The van der Waals surface area contributed by atoms with Crippen LogP contribution < -0.4 is 9.80 Å². The maximum Gasteiger partial charge on any atom is 0.225 e. The Bertz CT molecular complexity index is 1830. The summed E-state index contributed by atoms with van der Waals surface area (Å²) in [6.07, 6.45) is 0. The van der Waals surface area contributed by atoms with Crippen LogP contribution in [0.15, 0.2) is 143 Å². The zero-order chi connectivity index (χ0) is 26.9. The van der Waals surface area contributed by atoms with E-state index in [1.54, 1.807) is 0 Å². The predicted molar refractivity (Wildman–Crippen MR) is 166 cm³/mol. The highest BCUT2D eigenvalue weighted by molar-refractivity contribution is 9.10. The molecule has 192 valence electrons. The maximum atomic E-state index is 6.43. The van der Waals surface area contributed by atoms with Crippen molar-refractivity contribution in [2.75, 3.05) is 9.80 Å². The van der Waals surface area contributed by atoms with Gasteiger partial charge in [0.15, 0.2) is 16.4 Å². The van der Waals surface area contributed by atoms with Crippen LogP contribution in [0.3, 0.4) is 0 Å². The van der Waals surface area contributed by atoms with E-state index in [2.05, 4.69) is 98.5 Å². The van der Waals surface area contributed by atoms with Crippen LogP contribution >= 0.6 is 28.1 Å². The van der Waals surface area contributed by atoms with Crippen molar-refractivity contribution in [2.45, 2.75) is 11.3 Å². The molecular formula is C33H22BrN5S. The third-order valence-electron chi connectivity index (χ3n) is 7.98. The van der Waals surface area contributed by atoms with E-state index in [-0.39, 0.29) is 0 Å². The molecule has 0 bridgehead atoms. The highest BCUT2D eigenvalue weighted by Gasteiger charge is 2.72. The van der Waals surface area contributed by atoms with Gasteiger partial charge in [-0.3, -0.25) is 0 Å². The largest absolute Gasteiger partial charge is 0.300 e. The molecular weight excluding hydrogens is 578 g/mol. The van der Waals surface area contributed by atoms with Gasteiger partial charge in [0, 0.05) is 28.0 Å². The van der Waals surface area contributed by atoms with Gasteiger partial charge in [-0.15, -0.1) is 4.81 Å². The van der Waals surface area contributed by atoms with Crippen molar-refractivity contribution in [1.29, 1.82) is 0 Å². The highest BCUT2D eigenvalue weighted by Crippen LogP contribution is 2.68. The number of fused-ring (bicyclic) bond motifs is 3. The Morgan fingerprint density at radius 2 is 1.18 bits per heavy atom. The number of para-hydroxylation sites is 2. The Balaban J connectivity index is 1.55. The summed E-state index contributed by atoms with van der Waals surface area (Å²) in [5.74, 6) is 0. The summed E-state index contributed by atoms with van der Waals surface area (Å²) in [6.45, 7) is 0. The Morgan fingerprint density at radius 1 is 0.625 bits per heavy atom. The van der Waals surface area contributed by atoms with E-state index in [4.69, 9.17) is 22.8 Å². The lowest BCUT2D eigenvalue weighted by Gasteiger charge is -2.50. The molecule has 0 radical (unpaired) electrons. The first-order chi connectivity index (χ1) is 19.6. The van der Waals surface area contributed by atoms with E-state index in [1.807, 2.05) is 65.5 Å². The number of hydrogen-bond acceptors (Lipinski definition) is 2. The molecule has 8 rings (SSSR count). The molecule has 1 aliphatic carbocycles. The molecule has 2 aliphatic heterocycles. The fourth-order valence-corrected chi connectivity index (χ4v) is 7.16. The number of nitrogens with zero attached hydrogens (tertiary/aromatic N) is 5. The van der Waals surface area contributed by atoms with Gasteiger partial charge in [-0.2, -0.15) is 10.5 Å².